The van der Waals surface area contributed by atoms with Gasteiger partial charge in [0.15, 0.2) is 11.5 Å². The highest BCUT2D eigenvalue weighted by Crippen LogP contribution is 2.31. The lowest BCUT2D eigenvalue weighted by Gasteiger charge is -2.32. The Hall–Kier alpha value is -2.58. The molecule has 1 saturated heterocycles. The third-order valence-electron chi connectivity index (χ3n) is 5.69. The first-order valence-electron chi connectivity index (χ1n) is 10.4. The molecule has 0 spiro atoms. The van der Waals surface area contributed by atoms with Gasteiger partial charge in [0.25, 0.3) is 5.91 Å². The standard InChI is InChI=1S/C23H30N2O5S/c1-17-8-5-6-15-25(17)31(27,28)20-13-11-18(12-14-20)23(26)24(2)16-19-9-7-10-21(29-3)22(19)30-4/h7,9-14,17H,5-6,8,15-16H2,1-4H3/t17-/m0/s1. The van der Waals surface area contributed by atoms with Crippen LogP contribution in [-0.4, -0.2) is 57.4 Å². The van der Waals surface area contributed by atoms with E-state index in [1.54, 1.807) is 48.7 Å². The molecule has 1 fully saturated rings. The molecule has 0 N–H and O–H groups in total. The molecule has 1 aliphatic rings. The third-order valence-corrected chi connectivity index (χ3v) is 7.72. The molecule has 8 heteroatoms. The molecule has 31 heavy (non-hydrogen) atoms. The molecule has 0 saturated carbocycles. The zero-order valence-electron chi connectivity index (χ0n) is 18.5. The molecule has 2 aromatic carbocycles. The molecule has 2 aromatic rings. The Kier molecular flexibility index (Phi) is 7.23. The first-order valence-corrected chi connectivity index (χ1v) is 11.8. The van der Waals surface area contributed by atoms with Gasteiger partial charge in [-0.1, -0.05) is 18.6 Å². The smallest absolute Gasteiger partial charge is 0.253 e. The quantitative estimate of drug-likeness (QED) is 0.650. The lowest BCUT2D eigenvalue weighted by Crippen LogP contribution is -2.41. The zero-order valence-corrected chi connectivity index (χ0v) is 19.3. The summed E-state index contributed by atoms with van der Waals surface area (Å²) in [7, 11) is 1.26. The van der Waals surface area contributed by atoms with Crippen LogP contribution in [-0.2, 0) is 16.6 Å². The van der Waals surface area contributed by atoms with Crippen molar-refractivity contribution in [1.29, 1.82) is 0 Å². The van der Waals surface area contributed by atoms with Crippen LogP contribution in [0.25, 0.3) is 0 Å². The van der Waals surface area contributed by atoms with Gasteiger partial charge in [0.1, 0.15) is 0 Å². The van der Waals surface area contributed by atoms with Crippen molar-refractivity contribution < 1.29 is 22.7 Å². The van der Waals surface area contributed by atoms with Crippen LogP contribution in [0.5, 0.6) is 11.5 Å². The van der Waals surface area contributed by atoms with Crippen molar-refractivity contribution in [3.05, 3.63) is 53.6 Å². The van der Waals surface area contributed by atoms with Gasteiger partial charge in [-0.05, 0) is 50.1 Å². The number of amides is 1. The maximum Gasteiger partial charge on any atom is 0.253 e. The van der Waals surface area contributed by atoms with Gasteiger partial charge in [-0.3, -0.25) is 4.79 Å². The molecule has 0 aliphatic carbocycles. The number of carbonyl (C=O) groups excluding carboxylic acids is 1. The molecule has 1 heterocycles. The minimum atomic E-state index is -3.56. The Bertz CT molecular complexity index is 1020. The summed E-state index contributed by atoms with van der Waals surface area (Å²) in [6, 6.07) is 11.7. The fraction of sp³-hybridized carbons (Fsp3) is 0.435. The third kappa shape index (κ3) is 4.85. The summed E-state index contributed by atoms with van der Waals surface area (Å²) in [5, 5.41) is 0. The first kappa shape index (κ1) is 23.1. The number of ether oxygens (including phenoxy) is 2. The molecule has 7 nitrogen and oxygen atoms in total. The highest BCUT2D eigenvalue weighted by molar-refractivity contribution is 7.89. The minimum absolute atomic E-state index is 0.0102. The van der Waals surface area contributed by atoms with Crippen molar-refractivity contribution in [3.8, 4) is 11.5 Å². The summed E-state index contributed by atoms with van der Waals surface area (Å²) in [5.74, 6) is 0.976. The monoisotopic (exact) mass is 446 g/mol. The van der Waals surface area contributed by atoms with Crippen LogP contribution in [0.1, 0.15) is 42.1 Å². The van der Waals surface area contributed by atoms with Crippen LogP contribution in [0.4, 0.5) is 0 Å². The highest BCUT2D eigenvalue weighted by atomic mass is 32.2. The molecule has 3 rings (SSSR count). The van der Waals surface area contributed by atoms with Gasteiger partial charge in [-0.15, -0.1) is 0 Å². The van der Waals surface area contributed by atoms with E-state index in [9.17, 15) is 13.2 Å². The van der Waals surface area contributed by atoms with Gasteiger partial charge >= 0.3 is 0 Å². The summed E-state index contributed by atoms with van der Waals surface area (Å²) < 4.78 is 38.3. The molecule has 1 aliphatic heterocycles. The number of methoxy groups -OCH3 is 2. The summed E-state index contributed by atoms with van der Waals surface area (Å²) in [6.45, 7) is 2.80. The number of piperidine rings is 1. The van der Waals surface area contributed by atoms with Crippen molar-refractivity contribution in [1.82, 2.24) is 9.21 Å². The second-order valence-corrected chi connectivity index (χ2v) is 9.69. The van der Waals surface area contributed by atoms with Crippen molar-refractivity contribution in [2.45, 2.75) is 43.7 Å². The van der Waals surface area contributed by atoms with Crippen LogP contribution >= 0.6 is 0 Å². The van der Waals surface area contributed by atoms with Gasteiger partial charge in [0.2, 0.25) is 10.0 Å². The summed E-state index contributed by atoms with van der Waals surface area (Å²) in [5.41, 5.74) is 1.24. The predicted octanol–water partition coefficient (Wildman–Crippen LogP) is 3.54. The Labute approximate surface area is 184 Å². The lowest BCUT2D eigenvalue weighted by molar-refractivity contribution is 0.0784. The number of nitrogens with zero attached hydrogens (tertiary/aromatic N) is 2. The number of carbonyl (C=O) groups is 1. The Morgan fingerprint density at radius 2 is 1.81 bits per heavy atom. The largest absolute Gasteiger partial charge is 0.493 e. The van der Waals surface area contributed by atoms with Crippen molar-refractivity contribution >= 4 is 15.9 Å². The number of para-hydroxylation sites is 1. The summed E-state index contributed by atoms with van der Waals surface area (Å²) >= 11 is 0. The van der Waals surface area contributed by atoms with Crippen molar-refractivity contribution in [2.75, 3.05) is 27.8 Å². The van der Waals surface area contributed by atoms with Gasteiger partial charge in [-0.2, -0.15) is 4.31 Å². The second kappa shape index (κ2) is 9.70. The maximum atomic E-state index is 13.0. The second-order valence-electron chi connectivity index (χ2n) is 7.80. The van der Waals surface area contributed by atoms with E-state index < -0.39 is 10.0 Å². The molecule has 168 valence electrons. The van der Waals surface area contributed by atoms with E-state index in [0.717, 1.165) is 24.8 Å². The fourth-order valence-corrected chi connectivity index (χ4v) is 5.66. The number of sulfonamides is 1. The number of benzene rings is 2. The Morgan fingerprint density at radius 1 is 1.10 bits per heavy atom. The van der Waals surface area contributed by atoms with E-state index in [2.05, 4.69) is 0 Å². The van der Waals surface area contributed by atoms with E-state index in [0.29, 0.717) is 30.2 Å². The number of hydrogen-bond donors (Lipinski definition) is 0. The van der Waals surface area contributed by atoms with Crippen LogP contribution in [0.15, 0.2) is 47.4 Å². The molecule has 0 unspecified atom stereocenters. The van der Waals surface area contributed by atoms with E-state index in [-0.39, 0.29) is 16.8 Å². The topological polar surface area (TPSA) is 76.2 Å². The first-order chi connectivity index (χ1) is 14.8. The van der Waals surface area contributed by atoms with Gasteiger partial charge in [0, 0.05) is 37.3 Å². The molecule has 1 amide bonds. The Morgan fingerprint density at radius 3 is 2.42 bits per heavy atom. The SMILES string of the molecule is COc1cccc(CN(C)C(=O)c2ccc(S(=O)(=O)N3CCCC[C@@H]3C)cc2)c1OC. The van der Waals surface area contributed by atoms with E-state index in [1.807, 2.05) is 19.1 Å². The molecular formula is C23H30N2O5S. The number of hydrogen-bond acceptors (Lipinski definition) is 5. The average molecular weight is 447 g/mol. The molecule has 0 aromatic heterocycles. The zero-order chi connectivity index (χ0) is 22.6. The van der Waals surface area contributed by atoms with Crippen molar-refractivity contribution in [2.24, 2.45) is 0 Å². The normalized spacial score (nSPS) is 17.2. The van der Waals surface area contributed by atoms with Crippen LogP contribution in [0, 0.1) is 0 Å². The molecule has 0 bridgehead atoms. The van der Waals surface area contributed by atoms with Gasteiger partial charge < -0.3 is 14.4 Å². The fourth-order valence-electron chi connectivity index (χ4n) is 3.96. The van der Waals surface area contributed by atoms with Gasteiger partial charge in [-0.25, -0.2) is 8.42 Å². The van der Waals surface area contributed by atoms with E-state index in [4.69, 9.17) is 9.47 Å². The van der Waals surface area contributed by atoms with E-state index >= 15 is 0 Å². The highest BCUT2D eigenvalue weighted by Gasteiger charge is 2.31. The van der Waals surface area contributed by atoms with Crippen LogP contribution in [0.3, 0.4) is 0 Å². The minimum Gasteiger partial charge on any atom is -0.493 e. The average Bonchev–Trinajstić information content (AvgIpc) is 2.78. The molecule has 0 radical (unpaired) electrons. The number of rotatable bonds is 7. The molecular weight excluding hydrogens is 416 g/mol. The Balaban J connectivity index is 1.76. The van der Waals surface area contributed by atoms with Crippen LogP contribution in [0.2, 0.25) is 0 Å². The van der Waals surface area contributed by atoms with Crippen LogP contribution < -0.4 is 9.47 Å². The maximum absolute atomic E-state index is 13.0. The van der Waals surface area contributed by atoms with Crippen molar-refractivity contribution in [3.63, 3.8) is 0 Å². The summed E-state index contributed by atoms with van der Waals surface area (Å²) in [4.78, 5) is 14.7. The summed E-state index contributed by atoms with van der Waals surface area (Å²) in [6.07, 6.45) is 2.79. The van der Waals surface area contributed by atoms with Gasteiger partial charge in [0.05, 0.1) is 19.1 Å². The van der Waals surface area contributed by atoms with E-state index in [1.165, 1.54) is 12.1 Å². The molecule has 1 atom stereocenters. The predicted molar refractivity (Wildman–Crippen MR) is 119 cm³/mol. The lowest BCUT2D eigenvalue weighted by atomic mass is 10.1.